The van der Waals surface area contributed by atoms with Gasteiger partial charge in [0.2, 0.25) is 0 Å². The highest BCUT2D eigenvalue weighted by Crippen LogP contribution is 2.36. The number of hydrogen-bond acceptors (Lipinski definition) is 2. The number of ether oxygens (including phenoxy) is 1. The summed E-state index contributed by atoms with van der Waals surface area (Å²) in [5.41, 5.74) is 2.51. The van der Waals surface area contributed by atoms with E-state index in [1.165, 1.54) is 11.3 Å². The third-order valence-electron chi connectivity index (χ3n) is 2.43. The van der Waals surface area contributed by atoms with E-state index in [1.54, 1.807) is 0 Å². The first kappa shape index (κ1) is 12.2. The third kappa shape index (κ3) is 2.55. The molecule has 0 radical (unpaired) electrons. The van der Waals surface area contributed by atoms with Gasteiger partial charge in [0.05, 0.1) is 5.70 Å². The quantitative estimate of drug-likeness (QED) is 0.709. The first-order valence-electron chi connectivity index (χ1n) is 5.60. The van der Waals surface area contributed by atoms with E-state index in [-0.39, 0.29) is 5.41 Å². The Labute approximate surface area is 93.4 Å². The average molecular weight is 209 g/mol. The van der Waals surface area contributed by atoms with E-state index in [4.69, 9.17) is 4.74 Å². The van der Waals surface area contributed by atoms with Gasteiger partial charge in [-0.15, -0.1) is 0 Å². The van der Waals surface area contributed by atoms with Crippen LogP contribution in [0, 0.1) is 11.3 Å². The molecule has 15 heavy (non-hydrogen) atoms. The SMILES string of the molecule is CC(C)=C1NC(C(C)(C)C)=C(C(C)C)O1. The summed E-state index contributed by atoms with van der Waals surface area (Å²) < 4.78 is 5.87. The Balaban J connectivity index is 3.09. The summed E-state index contributed by atoms with van der Waals surface area (Å²) in [6, 6.07) is 0. The summed E-state index contributed by atoms with van der Waals surface area (Å²) in [7, 11) is 0. The molecule has 1 rings (SSSR count). The van der Waals surface area contributed by atoms with Crippen molar-refractivity contribution < 1.29 is 4.74 Å². The van der Waals surface area contributed by atoms with Crippen LogP contribution < -0.4 is 5.32 Å². The highest BCUT2D eigenvalue weighted by Gasteiger charge is 2.31. The van der Waals surface area contributed by atoms with Gasteiger partial charge in [0, 0.05) is 11.3 Å². The Hall–Kier alpha value is -0.920. The fourth-order valence-corrected chi connectivity index (χ4v) is 1.55. The molecule has 0 aromatic carbocycles. The molecular weight excluding hydrogens is 186 g/mol. The van der Waals surface area contributed by atoms with E-state index in [2.05, 4.69) is 53.8 Å². The molecule has 0 saturated carbocycles. The summed E-state index contributed by atoms with van der Waals surface area (Å²) in [5.74, 6) is 2.41. The van der Waals surface area contributed by atoms with Gasteiger partial charge in [-0.1, -0.05) is 34.6 Å². The van der Waals surface area contributed by atoms with Crippen LogP contribution in [-0.4, -0.2) is 0 Å². The van der Waals surface area contributed by atoms with Crippen LogP contribution in [0.5, 0.6) is 0 Å². The van der Waals surface area contributed by atoms with Crippen LogP contribution in [0.15, 0.2) is 22.9 Å². The van der Waals surface area contributed by atoms with E-state index in [9.17, 15) is 0 Å². The van der Waals surface area contributed by atoms with Crippen molar-refractivity contribution in [3.8, 4) is 0 Å². The molecule has 0 atom stereocenters. The lowest BCUT2D eigenvalue weighted by atomic mass is 9.89. The van der Waals surface area contributed by atoms with Crippen LogP contribution in [0.2, 0.25) is 0 Å². The molecule has 0 aromatic heterocycles. The van der Waals surface area contributed by atoms with Gasteiger partial charge in [-0.2, -0.15) is 0 Å². The molecule has 2 heteroatoms. The Bertz CT molecular complexity index is 312. The first-order valence-corrected chi connectivity index (χ1v) is 5.60. The predicted octanol–water partition coefficient (Wildman–Crippen LogP) is 3.77. The summed E-state index contributed by atoms with van der Waals surface area (Å²) in [4.78, 5) is 0. The van der Waals surface area contributed by atoms with E-state index < -0.39 is 0 Å². The van der Waals surface area contributed by atoms with E-state index in [0.29, 0.717) is 5.92 Å². The molecule has 0 amide bonds. The predicted molar refractivity (Wildman–Crippen MR) is 63.9 cm³/mol. The smallest absolute Gasteiger partial charge is 0.195 e. The molecule has 86 valence electrons. The van der Waals surface area contributed by atoms with Crippen LogP contribution in [0.25, 0.3) is 0 Å². The van der Waals surface area contributed by atoms with Gasteiger partial charge >= 0.3 is 0 Å². The van der Waals surface area contributed by atoms with Crippen molar-refractivity contribution in [3.05, 3.63) is 22.9 Å². The average Bonchev–Trinajstić information content (AvgIpc) is 2.45. The molecular formula is C13H23NO. The second-order valence-electron chi connectivity index (χ2n) is 5.70. The molecule has 0 fully saturated rings. The Morgan fingerprint density at radius 3 is 2.00 bits per heavy atom. The van der Waals surface area contributed by atoms with Crippen molar-refractivity contribution in [2.45, 2.75) is 48.5 Å². The molecule has 0 saturated heterocycles. The Morgan fingerprint density at radius 1 is 1.20 bits per heavy atom. The molecule has 0 bridgehead atoms. The lowest BCUT2D eigenvalue weighted by molar-refractivity contribution is 0.273. The van der Waals surface area contributed by atoms with Gasteiger partial charge in [0.25, 0.3) is 0 Å². The highest BCUT2D eigenvalue weighted by molar-refractivity contribution is 5.27. The molecule has 0 unspecified atom stereocenters. The number of nitrogens with one attached hydrogen (secondary N) is 1. The van der Waals surface area contributed by atoms with Gasteiger partial charge in [-0.05, 0) is 19.4 Å². The minimum absolute atomic E-state index is 0.108. The van der Waals surface area contributed by atoms with Crippen LogP contribution >= 0.6 is 0 Å². The van der Waals surface area contributed by atoms with Gasteiger partial charge in [0.1, 0.15) is 5.76 Å². The van der Waals surface area contributed by atoms with Crippen LogP contribution in [0.3, 0.4) is 0 Å². The molecule has 0 aromatic rings. The fraction of sp³-hybridized carbons (Fsp3) is 0.692. The summed E-state index contributed by atoms with van der Waals surface area (Å²) in [6.07, 6.45) is 0. The molecule has 1 aliphatic heterocycles. The van der Waals surface area contributed by atoms with E-state index in [0.717, 1.165) is 11.6 Å². The molecule has 0 aliphatic carbocycles. The standard InChI is InChI=1S/C13H23NO/c1-8(2)10-11(13(5,6)7)14-12(15-10)9(3)4/h8,14H,1-7H3. The maximum Gasteiger partial charge on any atom is 0.195 e. The van der Waals surface area contributed by atoms with Crippen LogP contribution in [0.1, 0.15) is 48.5 Å². The maximum absolute atomic E-state index is 5.87. The second-order valence-corrected chi connectivity index (χ2v) is 5.70. The molecule has 1 aliphatic rings. The van der Waals surface area contributed by atoms with Crippen molar-refractivity contribution >= 4 is 0 Å². The van der Waals surface area contributed by atoms with Gasteiger partial charge in [0.15, 0.2) is 5.88 Å². The van der Waals surface area contributed by atoms with E-state index >= 15 is 0 Å². The Kier molecular flexibility index (Phi) is 3.17. The van der Waals surface area contributed by atoms with Crippen LogP contribution in [0.4, 0.5) is 0 Å². The van der Waals surface area contributed by atoms with Crippen molar-refractivity contribution in [1.29, 1.82) is 0 Å². The summed E-state index contributed by atoms with van der Waals surface area (Å²) >= 11 is 0. The maximum atomic E-state index is 5.87. The monoisotopic (exact) mass is 209 g/mol. The number of rotatable bonds is 1. The topological polar surface area (TPSA) is 21.3 Å². The normalized spacial score (nSPS) is 16.9. The lowest BCUT2D eigenvalue weighted by Crippen LogP contribution is -2.21. The van der Waals surface area contributed by atoms with Crippen molar-refractivity contribution in [2.24, 2.45) is 11.3 Å². The zero-order valence-electron chi connectivity index (χ0n) is 11.0. The first-order chi connectivity index (χ1) is 6.73. The van der Waals surface area contributed by atoms with E-state index in [1.807, 2.05) is 0 Å². The third-order valence-corrected chi connectivity index (χ3v) is 2.43. The van der Waals surface area contributed by atoms with Gasteiger partial charge in [-0.3, -0.25) is 0 Å². The minimum atomic E-state index is 0.108. The van der Waals surface area contributed by atoms with Crippen molar-refractivity contribution in [2.75, 3.05) is 0 Å². The minimum Gasteiger partial charge on any atom is -0.443 e. The van der Waals surface area contributed by atoms with Crippen molar-refractivity contribution in [1.82, 2.24) is 5.32 Å². The molecule has 1 heterocycles. The van der Waals surface area contributed by atoms with Gasteiger partial charge in [-0.25, -0.2) is 0 Å². The Morgan fingerprint density at radius 2 is 1.73 bits per heavy atom. The van der Waals surface area contributed by atoms with Crippen molar-refractivity contribution in [3.63, 3.8) is 0 Å². The summed E-state index contributed by atoms with van der Waals surface area (Å²) in [5, 5.41) is 3.40. The summed E-state index contributed by atoms with van der Waals surface area (Å²) in [6.45, 7) is 15.1. The fourth-order valence-electron chi connectivity index (χ4n) is 1.55. The van der Waals surface area contributed by atoms with Gasteiger partial charge < -0.3 is 10.1 Å². The second kappa shape index (κ2) is 3.92. The molecule has 1 N–H and O–H groups in total. The largest absolute Gasteiger partial charge is 0.443 e. The zero-order valence-corrected chi connectivity index (χ0v) is 11.0. The zero-order chi connectivity index (χ0) is 11.8. The molecule has 2 nitrogen and oxygen atoms in total. The molecule has 0 spiro atoms. The van der Waals surface area contributed by atoms with Crippen LogP contribution in [-0.2, 0) is 4.74 Å². The number of hydrogen-bond donors (Lipinski definition) is 1. The highest BCUT2D eigenvalue weighted by atomic mass is 16.5. The number of allylic oxidation sites excluding steroid dienone is 3. The lowest BCUT2D eigenvalue weighted by Gasteiger charge is -2.21.